The zero-order valence-corrected chi connectivity index (χ0v) is 12.3. The van der Waals surface area contributed by atoms with Gasteiger partial charge < -0.3 is 14.5 Å². The fourth-order valence-electron chi connectivity index (χ4n) is 1.41. The van der Waals surface area contributed by atoms with Crippen molar-refractivity contribution in [3.05, 3.63) is 45.2 Å². The summed E-state index contributed by atoms with van der Waals surface area (Å²) in [5.74, 6) is 1.69. The number of methoxy groups -OCH3 is 1. The number of hydrogen-bond acceptors (Lipinski definition) is 3. The summed E-state index contributed by atoms with van der Waals surface area (Å²) < 4.78 is 12.4. The summed E-state index contributed by atoms with van der Waals surface area (Å²) >= 11 is 6.86. The molecular weight excluding hydrogens is 350 g/mol. The van der Waals surface area contributed by atoms with Crippen LogP contribution in [0.3, 0.4) is 0 Å². The van der Waals surface area contributed by atoms with Gasteiger partial charge in [-0.2, -0.15) is 0 Å². The molecule has 0 radical (unpaired) electrons. The first-order valence-corrected chi connectivity index (χ1v) is 6.58. The number of benzene rings is 1. The van der Waals surface area contributed by atoms with E-state index in [1.807, 2.05) is 24.3 Å². The minimum absolute atomic E-state index is 0.631. The molecule has 0 atom stereocenters. The van der Waals surface area contributed by atoms with E-state index in [1.54, 1.807) is 13.4 Å². The van der Waals surface area contributed by atoms with Gasteiger partial charge in [-0.05, 0) is 56.1 Å². The van der Waals surface area contributed by atoms with E-state index < -0.39 is 0 Å². The Labute approximate surface area is 116 Å². The van der Waals surface area contributed by atoms with Crippen molar-refractivity contribution >= 4 is 37.5 Å². The van der Waals surface area contributed by atoms with Gasteiger partial charge in [0.1, 0.15) is 11.5 Å². The number of hydrogen-bond donors (Lipinski definition) is 1. The number of ether oxygens (including phenoxy) is 1. The summed E-state index contributed by atoms with van der Waals surface area (Å²) in [5, 5.41) is 3.27. The van der Waals surface area contributed by atoms with E-state index in [2.05, 4.69) is 37.2 Å². The van der Waals surface area contributed by atoms with Gasteiger partial charge in [0, 0.05) is 5.69 Å². The standard InChI is InChI=1S/C12H11Br2NO2/c1-16-11-3-2-8(6-10(11)14)15-7-12-9(13)4-5-17-12/h2-6,15H,7H2,1H3. The lowest BCUT2D eigenvalue weighted by Gasteiger charge is -2.08. The molecule has 90 valence electrons. The second-order valence-corrected chi connectivity index (χ2v) is 5.10. The maximum atomic E-state index is 5.32. The zero-order valence-electron chi connectivity index (χ0n) is 9.17. The predicted molar refractivity (Wildman–Crippen MR) is 74.4 cm³/mol. The molecule has 0 fully saturated rings. The Morgan fingerprint density at radius 3 is 2.65 bits per heavy atom. The van der Waals surface area contributed by atoms with E-state index in [9.17, 15) is 0 Å². The average Bonchev–Trinajstić information content (AvgIpc) is 2.72. The van der Waals surface area contributed by atoms with Crippen LogP contribution >= 0.6 is 31.9 Å². The van der Waals surface area contributed by atoms with Crippen LogP contribution in [0.2, 0.25) is 0 Å². The van der Waals surface area contributed by atoms with E-state index in [-0.39, 0.29) is 0 Å². The number of halogens is 2. The molecule has 0 unspecified atom stereocenters. The molecule has 0 bridgehead atoms. The third-order valence-corrected chi connectivity index (χ3v) is 3.62. The highest BCUT2D eigenvalue weighted by molar-refractivity contribution is 9.10. The normalized spacial score (nSPS) is 10.3. The van der Waals surface area contributed by atoms with Crippen molar-refractivity contribution < 1.29 is 9.15 Å². The van der Waals surface area contributed by atoms with Crippen LogP contribution in [0.5, 0.6) is 5.75 Å². The Morgan fingerprint density at radius 2 is 2.06 bits per heavy atom. The van der Waals surface area contributed by atoms with Gasteiger partial charge >= 0.3 is 0 Å². The minimum Gasteiger partial charge on any atom is -0.496 e. The Bertz CT molecular complexity index is 511. The summed E-state index contributed by atoms with van der Waals surface area (Å²) in [4.78, 5) is 0. The van der Waals surface area contributed by atoms with Gasteiger partial charge in [-0.15, -0.1) is 0 Å². The fraction of sp³-hybridized carbons (Fsp3) is 0.167. The average molecular weight is 361 g/mol. The maximum absolute atomic E-state index is 5.32. The van der Waals surface area contributed by atoms with Crippen LogP contribution in [-0.2, 0) is 6.54 Å². The molecule has 2 aromatic rings. The molecule has 0 aliphatic rings. The van der Waals surface area contributed by atoms with Crippen molar-refractivity contribution in [1.82, 2.24) is 0 Å². The quantitative estimate of drug-likeness (QED) is 0.875. The van der Waals surface area contributed by atoms with Crippen LogP contribution in [0.25, 0.3) is 0 Å². The summed E-state index contributed by atoms with van der Waals surface area (Å²) in [7, 11) is 1.65. The largest absolute Gasteiger partial charge is 0.496 e. The Kier molecular flexibility index (Phi) is 4.12. The molecule has 5 heteroatoms. The lowest BCUT2D eigenvalue weighted by atomic mass is 10.3. The smallest absolute Gasteiger partial charge is 0.136 e. The molecule has 0 saturated heterocycles. The van der Waals surface area contributed by atoms with Gasteiger partial charge in [0.25, 0.3) is 0 Å². The zero-order chi connectivity index (χ0) is 12.3. The first kappa shape index (κ1) is 12.5. The first-order chi connectivity index (χ1) is 8.20. The highest BCUT2D eigenvalue weighted by atomic mass is 79.9. The van der Waals surface area contributed by atoms with Crippen molar-refractivity contribution in [3.63, 3.8) is 0 Å². The SMILES string of the molecule is COc1ccc(NCc2occc2Br)cc1Br. The molecule has 1 heterocycles. The number of furan rings is 1. The van der Waals surface area contributed by atoms with Crippen LogP contribution in [0, 0.1) is 0 Å². The molecule has 0 aliphatic heterocycles. The van der Waals surface area contributed by atoms with Crippen LogP contribution in [0.1, 0.15) is 5.76 Å². The van der Waals surface area contributed by atoms with Crippen LogP contribution in [0.4, 0.5) is 5.69 Å². The second-order valence-electron chi connectivity index (χ2n) is 3.39. The molecule has 17 heavy (non-hydrogen) atoms. The highest BCUT2D eigenvalue weighted by Gasteiger charge is 2.04. The van der Waals surface area contributed by atoms with Gasteiger partial charge in [-0.1, -0.05) is 0 Å². The Hall–Kier alpha value is -0.940. The molecule has 0 aliphatic carbocycles. The van der Waals surface area contributed by atoms with Crippen molar-refractivity contribution in [2.24, 2.45) is 0 Å². The van der Waals surface area contributed by atoms with E-state index in [4.69, 9.17) is 9.15 Å². The lowest BCUT2D eigenvalue weighted by Crippen LogP contribution is -1.98. The molecule has 3 nitrogen and oxygen atoms in total. The summed E-state index contributed by atoms with van der Waals surface area (Å²) in [6, 6.07) is 7.71. The molecule has 1 N–H and O–H groups in total. The Morgan fingerprint density at radius 1 is 1.24 bits per heavy atom. The third-order valence-electron chi connectivity index (χ3n) is 2.30. The second kappa shape index (κ2) is 5.60. The predicted octanol–water partition coefficient (Wildman–Crippen LogP) is 4.43. The molecule has 0 amide bonds. The topological polar surface area (TPSA) is 34.4 Å². The Balaban J connectivity index is 2.05. The van der Waals surface area contributed by atoms with Crippen LogP contribution < -0.4 is 10.1 Å². The van der Waals surface area contributed by atoms with Crippen molar-refractivity contribution in [3.8, 4) is 5.75 Å². The third kappa shape index (κ3) is 3.04. The van der Waals surface area contributed by atoms with E-state index in [1.165, 1.54) is 0 Å². The molecule has 2 rings (SSSR count). The van der Waals surface area contributed by atoms with Crippen molar-refractivity contribution in [1.29, 1.82) is 0 Å². The monoisotopic (exact) mass is 359 g/mol. The maximum Gasteiger partial charge on any atom is 0.136 e. The first-order valence-electron chi connectivity index (χ1n) is 5.00. The van der Waals surface area contributed by atoms with Crippen molar-refractivity contribution in [2.75, 3.05) is 12.4 Å². The molecule has 1 aromatic carbocycles. The van der Waals surface area contributed by atoms with Crippen molar-refractivity contribution in [2.45, 2.75) is 6.54 Å². The summed E-state index contributed by atoms with van der Waals surface area (Å²) in [6.45, 7) is 0.631. The molecule has 0 saturated carbocycles. The van der Waals surface area contributed by atoms with Gasteiger partial charge in [0.05, 0.1) is 28.9 Å². The molecular formula is C12H11Br2NO2. The van der Waals surface area contributed by atoms with Gasteiger partial charge in [0.15, 0.2) is 0 Å². The summed E-state index contributed by atoms with van der Waals surface area (Å²) in [6.07, 6.45) is 1.66. The molecule has 1 aromatic heterocycles. The van der Waals surface area contributed by atoms with Gasteiger partial charge in [0.2, 0.25) is 0 Å². The van der Waals surface area contributed by atoms with Gasteiger partial charge in [-0.25, -0.2) is 0 Å². The lowest BCUT2D eigenvalue weighted by molar-refractivity contribution is 0.412. The van der Waals surface area contributed by atoms with Crippen LogP contribution in [0.15, 0.2) is 43.9 Å². The highest BCUT2D eigenvalue weighted by Crippen LogP contribution is 2.28. The fourth-order valence-corrected chi connectivity index (χ4v) is 2.29. The van der Waals surface area contributed by atoms with E-state index >= 15 is 0 Å². The summed E-state index contributed by atoms with van der Waals surface area (Å²) in [5.41, 5.74) is 1.00. The molecule has 0 spiro atoms. The number of nitrogens with one attached hydrogen (secondary N) is 1. The van der Waals surface area contributed by atoms with Gasteiger partial charge in [-0.3, -0.25) is 0 Å². The van der Waals surface area contributed by atoms with Crippen LogP contribution in [-0.4, -0.2) is 7.11 Å². The number of anilines is 1. The number of rotatable bonds is 4. The minimum atomic E-state index is 0.631. The van der Waals surface area contributed by atoms with E-state index in [0.717, 1.165) is 26.1 Å². The van der Waals surface area contributed by atoms with E-state index in [0.29, 0.717) is 6.54 Å².